The summed E-state index contributed by atoms with van der Waals surface area (Å²) in [7, 11) is 5.90. The SMILES string of the molecule is C.CN(C)c1cccc2c(S(=O)(=O)Cc3cccc(-c4nc5ccncc5s4)c3)cccc12.CN(C)c1cccc2c(S(=O)(=O)Cl)cccc12.CS.CS.Nc1cccc(-c2nc3ccncc3s2)c1. The summed E-state index contributed by atoms with van der Waals surface area (Å²) in [6.45, 7) is 0. The molecule has 0 aliphatic heterocycles. The molecule has 18 heteroatoms. The molecular formula is C52H54ClN7O4S6. The zero-order valence-electron chi connectivity index (χ0n) is 38.5. The highest BCUT2D eigenvalue weighted by molar-refractivity contribution is 8.14. The number of nitrogen functional groups attached to an aromatic ring is 1. The van der Waals surface area contributed by atoms with Crippen LogP contribution in [0.1, 0.15) is 13.0 Å². The van der Waals surface area contributed by atoms with Gasteiger partial charge in [-0.3, -0.25) is 9.97 Å². The van der Waals surface area contributed by atoms with Crippen molar-refractivity contribution < 1.29 is 16.8 Å². The maximum Gasteiger partial charge on any atom is 0.261 e. The van der Waals surface area contributed by atoms with Gasteiger partial charge in [-0.25, -0.2) is 26.8 Å². The molecule has 11 nitrogen and oxygen atoms in total. The van der Waals surface area contributed by atoms with Gasteiger partial charge in [0.05, 0.1) is 36.0 Å². The van der Waals surface area contributed by atoms with E-state index in [1.54, 1.807) is 72.0 Å². The molecule has 0 aliphatic rings. The number of rotatable bonds is 8. The Morgan fingerprint density at radius 3 is 1.46 bits per heavy atom. The number of thiazole rings is 2. The van der Waals surface area contributed by atoms with E-state index in [1.807, 2.05) is 153 Å². The lowest BCUT2D eigenvalue weighted by molar-refractivity contribution is 0.596. The van der Waals surface area contributed by atoms with E-state index in [2.05, 4.69) is 45.2 Å². The summed E-state index contributed by atoms with van der Waals surface area (Å²) in [5.74, 6) is -0.0708. The normalized spacial score (nSPS) is 10.9. The van der Waals surface area contributed by atoms with Crippen LogP contribution >= 0.6 is 58.6 Å². The van der Waals surface area contributed by atoms with Crippen molar-refractivity contribution in [2.75, 3.05) is 56.2 Å². The Morgan fingerprint density at radius 1 is 0.557 bits per heavy atom. The Balaban J connectivity index is 0.000000203. The Morgan fingerprint density at radius 2 is 0.986 bits per heavy atom. The predicted octanol–water partition coefficient (Wildman–Crippen LogP) is 13.1. The van der Waals surface area contributed by atoms with Gasteiger partial charge in [0.15, 0.2) is 9.84 Å². The Hall–Kier alpha value is -5.79. The van der Waals surface area contributed by atoms with E-state index in [0.717, 1.165) is 80.4 Å². The summed E-state index contributed by atoms with van der Waals surface area (Å²) in [6, 6.07) is 41.1. The molecule has 0 saturated carbocycles. The quantitative estimate of drug-likeness (QED) is 0.0757. The number of fused-ring (bicyclic) bond motifs is 4. The van der Waals surface area contributed by atoms with Crippen molar-refractivity contribution in [1.82, 2.24) is 19.9 Å². The maximum absolute atomic E-state index is 13.5. The number of nitrogens with two attached hydrogens (primary N) is 1. The van der Waals surface area contributed by atoms with Crippen molar-refractivity contribution in [2.24, 2.45) is 0 Å². The molecule has 0 aliphatic carbocycles. The number of hydrogen-bond acceptors (Lipinski definition) is 15. The minimum absolute atomic E-state index is 0. The zero-order valence-corrected chi connectivity index (χ0v) is 44.3. The van der Waals surface area contributed by atoms with E-state index in [1.165, 1.54) is 6.07 Å². The van der Waals surface area contributed by atoms with Crippen LogP contribution in [0.5, 0.6) is 0 Å². The van der Waals surface area contributed by atoms with Crippen molar-refractivity contribution in [3.05, 3.63) is 164 Å². The van der Waals surface area contributed by atoms with Gasteiger partial charge in [-0.05, 0) is 72.7 Å². The molecule has 10 aromatic rings. The first kappa shape index (κ1) is 55.1. The number of sulfone groups is 1. The molecule has 0 saturated heterocycles. The second-order valence-electron chi connectivity index (χ2n) is 15.3. The van der Waals surface area contributed by atoms with E-state index in [0.29, 0.717) is 10.3 Å². The summed E-state index contributed by atoms with van der Waals surface area (Å²) < 4.78 is 52.0. The molecule has 0 bridgehead atoms. The number of anilines is 3. The monoisotopic (exact) mass is 1070 g/mol. The fourth-order valence-electron chi connectivity index (χ4n) is 7.36. The number of nitrogens with zero attached hydrogens (tertiary/aromatic N) is 6. The Kier molecular flexibility index (Phi) is 19.6. The smallest absolute Gasteiger partial charge is 0.261 e. The first-order valence-electron chi connectivity index (χ1n) is 21.0. The highest BCUT2D eigenvalue weighted by Crippen LogP contribution is 2.35. The molecular weight excluding hydrogens is 1010 g/mol. The fraction of sp³-hybridized carbons (Fsp3) is 0.154. The first-order chi connectivity index (χ1) is 33.2. The first-order valence-corrected chi connectivity index (χ1v) is 28.4. The van der Waals surface area contributed by atoms with Crippen LogP contribution in [0.25, 0.3) is 63.1 Å². The van der Waals surface area contributed by atoms with Crippen LogP contribution in [0.4, 0.5) is 17.1 Å². The number of hydrogen-bond donors (Lipinski definition) is 3. The molecule has 70 heavy (non-hydrogen) atoms. The Bertz CT molecular complexity index is 3520. The molecule has 0 fully saturated rings. The number of benzene rings is 6. The van der Waals surface area contributed by atoms with Crippen LogP contribution in [-0.4, -0.2) is 77.5 Å². The van der Waals surface area contributed by atoms with Crippen LogP contribution in [-0.2, 0) is 24.6 Å². The number of thiol groups is 2. The minimum Gasteiger partial charge on any atom is -0.399 e. The summed E-state index contributed by atoms with van der Waals surface area (Å²) in [4.78, 5) is 21.9. The molecule has 0 atom stereocenters. The van der Waals surface area contributed by atoms with Crippen LogP contribution < -0.4 is 15.5 Å². The number of pyridine rings is 2. The lowest BCUT2D eigenvalue weighted by Gasteiger charge is -2.17. The van der Waals surface area contributed by atoms with E-state index >= 15 is 0 Å². The van der Waals surface area contributed by atoms with Gasteiger partial charge in [0.1, 0.15) is 10.0 Å². The van der Waals surface area contributed by atoms with Crippen molar-refractivity contribution in [3.63, 3.8) is 0 Å². The van der Waals surface area contributed by atoms with E-state index in [4.69, 9.17) is 16.4 Å². The van der Waals surface area contributed by atoms with Gasteiger partial charge in [-0.15, -0.1) is 22.7 Å². The van der Waals surface area contributed by atoms with Gasteiger partial charge in [0.2, 0.25) is 0 Å². The van der Waals surface area contributed by atoms with Crippen molar-refractivity contribution >= 4 is 137 Å². The van der Waals surface area contributed by atoms with Crippen LogP contribution in [0.3, 0.4) is 0 Å². The third-order valence-corrected chi connectivity index (χ3v) is 15.6. The lowest BCUT2D eigenvalue weighted by atomic mass is 10.1. The number of aromatic nitrogens is 4. The molecule has 6 aromatic carbocycles. The van der Waals surface area contributed by atoms with Gasteiger partial charge < -0.3 is 15.5 Å². The molecule has 10 rings (SSSR count). The molecule has 0 spiro atoms. The third-order valence-electron chi connectivity index (χ3n) is 10.3. The van der Waals surface area contributed by atoms with Gasteiger partial charge >= 0.3 is 0 Å². The second kappa shape index (κ2) is 24.9. The zero-order chi connectivity index (χ0) is 49.9. The van der Waals surface area contributed by atoms with Gasteiger partial charge in [0.25, 0.3) is 9.05 Å². The number of halogens is 1. The van der Waals surface area contributed by atoms with Crippen molar-refractivity contribution in [1.29, 1.82) is 0 Å². The summed E-state index contributed by atoms with van der Waals surface area (Å²) in [6.07, 6.45) is 10.5. The van der Waals surface area contributed by atoms with E-state index in [9.17, 15) is 16.8 Å². The van der Waals surface area contributed by atoms with Crippen molar-refractivity contribution in [2.45, 2.75) is 23.0 Å². The average Bonchev–Trinajstić information content (AvgIpc) is 4.00. The second-order valence-corrected chi connectivity index (χ2v) is 21.8. The lowest BCUT2D eigenvalue weighted by Crippen LogP contribution is -2.10. The summed E-state index contributed by atoms with van der Waals surface area (Å²) in [5.41, 5.74) is 13.0. The molecule has 4 aromatic heterocycles. The summed E-state index contributed by atoms with van der Waals surface area (Å²) >= 11 is 10.2. The fourth-order valence-corrected chi connectivity index (χ4v) is 11.9. The highest BCUT2D eigenvalue weighted by atomic mass is 35.7. The maximum atomic E-state index is 13.5. The standard InChI is InChI=1S/C25H21N3O2S2.C12H12ClNO2S.C12H9N3S.2CH4S.CH4/c1-28(2)22-10-4-9-20-19(22)8-5-11-24(20)32(29,30)16-17-6-3-7-18(14-17)25-27-21-12-13-26-15-23(21)31-25;1-14(2)11-7-3-6-10-9(11)5-4-8-12(10)17(13,15)16;13-9-3-1-2-8(6-9)12-15-10-4-5-14-7-11(10)16-12;2*1-2;/h3-15H,16H2,1-2H3;3-8H,1-2H3;1-7H,13H2;2*2H,1H3;1H4. The Labute approximate surface area is 434 Å². The largest absolute Gasteiger partial charge is 0.399 e. The molecule has 2 N–H and O–H groups in total. The van der Waals surface area contributed by atoms with Crippen LogP contribution in [0.2, 0.25) is 0 Å². The molecule has 0 amide bonds. The van der Waals surface area contributed by atoms with E-state index < -0.39 is 18.9 Å². The van der Waals surface area contributed by atoms with Gasteiger partial charge in [0, 0.05) is 113 Å². The molecule has 4 heterocycles. The molecule has 364 valence electrons. The van der Waals surface area contributed by atoms with Crippen molar-refractivity contribution in [3.8, 4) is 21.1 Å². The van der Waals surface area contributed by atoms with Crippen LogP contribution in [0.15, 0.2) is 168 Å². The predicted molar refractivity (Wildman–Crippen MR) is 307 cm³/mol. The summed E-state index contributed by atoms with van der Waals surface area (Å²) in [5, 5.41) is 5.03. The molecule has 0 radical (unpaired) electrons. The highest BCUT2D eigenvalue weighted by Gasteiger charge is 2.21. The third kappa shape index (κ3) is 13.1. The van der Waals surface area contributed by atoms with Crippen LogP contribution in [0, 0.1) is 0 Å². The molecule has 0 unspecified atom stereocenters. The topological polar surface area (TPSA) is 152 Å². The minimum atomic E-state index is -3.72. The van der Waals surface area contributed by atoms with Gasteiger partial charge in [-0.2, -0.15) is 25.3 Å². The average molecular weight is 1070 g/mol. The van der Waals surface area contributed by atoms with Gasteiger partial charge in [-0.1, -0.05) is 86.3 Å². The van der Waals surface area contributed by atoms with E-state index in [-0.39, 0.29) is 18.1 Å².